The van der Waals surface area contributed by atoms with Crippen molar-refractivity contribution in [1.82, 2.24) is 4.90 Å². The first kappa shape index (κ1) is 15.6. The number of carbonyl (C=O) groups is 2. The maximum atomic E-state index is 12.7. The second-order valence-electron chi connectivity index (χ2n) is 6.35. The van der Waals surface area contributed by atoms with Gasteiger partial charge in [-0.15, -0.1) is 0 Å². The molecule has 1 aliphatic carbocycles. The zero-order valence-corrected chi connectivity index (χ0v) is 13.0. The summed E-state index contributed by atoms with van der Waals surface area (Å²) in [5, 5.41) is 9.14. The third-order valence-electron chi connectivity index (χ3n) is 5.01. The molecule has 1 saturated heterocycles. The van der Waals surface area contributed by atoms with E-state index in [0.717, 1.165) is 19.3 Å². The minimum absolute atomic E-state index is 0.0490. The van der Waals surface area contributed by atoms with Gasteiger partial charge < -0.3 is 14.7 Å². The largest absolute Gasteiger partial charge is 0.489 e. The van der Waals surface area contributed by atoms with Crippen molar-refractivity contribution in [2.75, 3.05) is 19.7 Å². The van der Waals surface area contributed by atoms with Crippen LogP contribution in [0.2, 0.25) is 0 Å². The van der Waals surface area contributed by atoms with E-state index in [1.54, 1.807) is 23.1 Å². The lowest BCUT2D eigenvalue weighted by atomic mass is 9.90. The van der Waals surface area contributed by atoms with Gasteiger partial charge in [0, 0.05) is 13.1 Å². The average molecular weight is 315 g/mol. The molecule has 1 saturated carbocycles. The van der Waals surface area contributed by atoms with E-state index in [2.05, 4.69) is 6.58 Å². The maximum absolute atomic E-state index is 12.7. The molecule has 23 heavy (non-hydrogen) atoms. The lowest BCUT2D eigenvalue weighted by Gasteiger charge is -2.33. The number of hydrogen-bond donors (Lipinski definition) is 1. The summed E-state index contributed by atoms with van der Waals surface area (Å²) in [7, 11) is 0. The molecule has 1 spiro atoms. The lowest BCUT2D eigenvalue weighted by Crippen LogP contribution is -2.40. The van der Waals surface area contributed by atoms with Crippen LogP contribution in [0.15, 0.2) is 36.9 Å². The molecule has 0 aromatic heterocycles. The van der Waals surface area contributed by atoms with Crippen LogP contribution in [0.25, 0.3) is 0 Å². The molecule has 5 heteroatoms. The van der Waals surface area contributed by atoms with Gasteiger partial charge in [0.05, 0.1) is 11.5 Å². The summed E-state index contributed by atoms with van der Waals surface area (Å²) in [6, 6.07) is 7.20. The molecule has 1 heterocycles. The molecule has 1 aliphatic heterocycles. The fourth-order valence-corrected chi connectivity index (χ4v) is 3.49. The van der Waals surface area contributed by atoms with Gasteiger partial charge in [0.1, 0.15) is 12.4 Å². The Hall–Kier alpha value is -2.30. The van der Waals surface area contributed by atoms with Crippen molar-refractivity contribution in [3.63, 3.8) is 0 Å². The normalized spacial score (nSPS) is 21.7. The third kappa shape index (κ3) is 2.96. The van der Waals surface area contributed by atoms with Crippen LogP contribution in [-0.2, 0) is 4.79 Å². The Kier molecular flexibility index (Phi) is 4.11. The van der Waals surface area contributed by atoms with E-state index in [9.17, 15) is 9.59 Å². The lowest BCUT2D eigenvalue weighted by molar-refractivity contribution is -0.139. The Balaban J connectivity index is 1.66. The van der Waals surface area contributed by atoms with Gasteiger partial charge in [0.2, 0.25) is 0 Å². The second kappa shape index (κ2) is 6.07. The van der Waals surface area contributed by atoms with Crippen LogP contribution in [0.4, 0.5) is 0 Å². The van der Waals surface area contributed by atoms with Crippen LogP contribution in [0.3, 0.4) is 0 Å². The monoisotopic (exact) mass is 315 g/mol. The SMILES string of the molecule is C=CCOc1ccccc1C(=O)N1CCC2(CC1)CC2C(=O)O. The Labute approximate surface area is 135 Å². The smallest absolute Gasteiger partial charge is 0.307 e. The van der Waals surface area contributed by atoms with Gasteiger partial charge in [0.25, 0.3) is 5.91 Å². The number of para-hydroxylation sites is 1. The predicted octanol–water partition coefficient (Wildman–Crippen LogP) is 2.58. The van der Waals surface area contributed by atoms with Crippen LogP contribution in [0.1, 0.15) is 29.6 Å². The topological polar surface area (TPSA) is 66.8 Å². The first-order valence-corrected chi connectivity index (χ1v) is 7.92. The van der Waals surface area contributed by atoms with Crippen molar-refractivity contribution in [3.8, 4) is 5.75 Å². The summed E-state index contributed by atoms with van der Waals surface area (Å²) < 4.78 is 5.56. The quantitative estimate of drug-likeness (QED) is 0.848. The van der Waals surface area contributed by atoms with Crippen molar-refractivity contribution in [2.24, 2.45) is 11.3 Å². The van der Waals surface area contributed by atoms with Gasteiger partial charge in [-0.1, -0.05) is 24.8 Å². The molecule has 1 aromatic rings. The van der Waals surface area contributed by atoms with Gasteiger partial charge in [-0.05, 0) is 36.8 Å². The summed E-state index contributed by atoms with van der Waals surface area (Å²) in [6.07, 6.45) is 3.94. The van der Waals surface area contributed by atoms with Gasteiger partial charge >= 0.3 is 5.97 Å². The first-order chi connectivity index (χ1) is 11.1. The van der Waals surface area contributed by atoms with Gasteiger partial charge in [0.15, 0.2) is 0 Å². The number of amides is 1. The molecule has 2 fully saturated rings. The van der Waals surface area contributed by atoms with Gasteiger partial charge in [-0.25, -0.2) is 0 Å². The average Bonchev–Trinajstić information content (AvgIpc) is 3.27. The number of likely N-dealkylation sites (tertiary alicyclic amines) is 1. The van der Waals surface area contributed by atoms with Crippen molar-refractivity contribution in [1.29, 1.82) is 0 Å². The number of nitrogens with zero attached hydrogens (tertiary/aromatic N) is 1. The molecule has 1 unspecified atom stereocenters. The van der Waals surface area contributed by atoms with E-state index < -0.39 is 5.97 Å². The maximum Gasteiger partial charge on any atom is 0.307 e. The molecule has 0 radical (unpaired) electrons. The highest BCUT2D eigenvalue weighted by Crippen LogP contribution is 2.59. The van der Waals surface area contributed by atoms with Gasteiger partial charge in [-0.2, -0.15) is 0 Å². The molecular weight excluding hydrogens is 294 g/mol. The summed E-state index contributed by atoms with van der Waals surface area (Å²) in [5.41, 5.74) is 0.484. The molecule has 122 valence electrons. The molecule has 3 rings (SSSR count). The Bertz CT molecular complexity index is 632. The van der Waals surface area contributed by atoms with Crippen LogP contribution in [-0.4, -0.2) is 41.6 Å². The summed E-state index contributed by atoms with van der Waals surface area (Å²) in [4.78, 5) is 25.7. The molecule has 1 N–H and O–H groups in total. The molecule has 5 nitrogen and oxygen atoms in total. The molecular formula is C18H21NO4. The van der Waals surface area contributed by atoms with Gasteiger partial charge in [-0.3, -0.25) is 9.59 Å². The number of ether oxygens (including phenoxy) is 1. The number of hydrogen-bond acceptors (Lipinski definition) is 3. The standard InChI is InChI=1S/C18H21NO4/c1-2-11-23-15-6-4-3-5-13(15)16(20)19-9-7-18(8-10-19)12-14(18)17(21)22/h2-6,14H,1,7-12H2,(H,21,22). The number of benzene rings is 1. The van der Waals surface area contributed by atoms with E-state index in [4.69, 9.17) is 9.84 Å². The number of carboxylic acid groups (broad SMARTS) is 1. The van der Waals surface area contributed by atoms with Crippen LogP contribution >= 0.6 is 0 Å². The highest BCUT2D eigenvalue weighted by Gasteiger charge is 2.59. The Morgan fingerprint density at radius 3 is 2.65 bits per heavy atom. The van der Waals surface area contributed by atoms with Crippen molar-refractivity contribution >= 4 is 11.9 Å². The van der Waals surface area contributed by atoms with Crippen molar-refractivity contribution < 1.29 is 19.4 Å². The molecule has 0 bridgehead atoms. The molecule has 1 amide bonds. The summed E-state index contributed by atoms with van der Waals surface area (Å²) in [5.74, 6) is -0.407. The predicted molar refractivity (Wildman–Crippen MR) is 85.4 cm³/mol. The van der Waals surface area contributed by atoms with Crippen LogP contribution in [0, 0.1) is 11.3 Å². The van der Waals surface area contributed by atoms with Crippen LogP contribution in [0.5, 0.6) is 5.75 Å². The highest BCUT2D eigenvalue weighted by molar-refractivity contribution is 5.97. The first-order valence-electron chi connectivity index (χ1n) is 7.92. The fourth-order valence-electron chi connectivity index (χ4n) is 3.49. The van der Waals surface area contributed by atoms with E-state index in [-0.39, 0.29) is 17.2 Å². The fraction of sp³-hybridized carbons (Fsp3) is 0.444. The third-order valence-corrected chi connectivity index (χ3v) is 5.01. The highest BCUT2D eigenvalue weighted by atomic mass is 16.5. The number of carbonyl (C=O) groups excluding carboxylic acids is 1. The van der Waals surface area contributed by atoms with Crippen molar-refractivity contribution in [2.45, 2.75) is 19.3 Å². The van der Waals surface area contributed by atoms with E-state index in [1.807, 2.05) is 12.1 Å². The van der Waals surface area contributed by atoms with Crippen LogP contribution < -0.4 is 4.74 Å². The zero-order valence-electron chi connectivity index (χ0n) is 13.0. The Morgan fingerprint density at radius 2 is 2.04 bits per heavy atom. The summed E-state index contributed by atoms with van der Waals surface area (Å²) >= 11 is 0. The van der Waals surface area contributed by atoms with Crippen molar-refractivity contribution in [3.05, 3.63) is 42.5 Å². The number of aliphatic carboxylic acids is 1. The Morgan fingerprint density at radius 1 is 1.35 bits per heavy atom. The molecule has 2 aliphatic rings. The minimum atomic E-state index is -0.701. The minimum Gasteiger partial charge on any atom is -0.489 e. The number of piperidine rings is 1. The van der Waals surface area contributed by atoms with E-state index >= 15 is 0 Å². The number of carboxylic acids is 1. The second-order valence-corrected chi connectivity index (χ2v) is 6.35. The zero-order chi connectivity index (χ0) is 16.4. The number of rotatable bonds is 5. The summed E-state index contributed by atoms with van der Waals surface area (Å²) in [6.45, 7) is 5.19. The van der Waals surface area contributed by atoms with E-state index in [1.165, 1.54) is 0 Å². The molecule has 1 atom stereocenters. The molecule has 1 aromatic carbocycles. The van der Waals surface area contributed by atoms with E-state index in [0.29, 0.717) is 31.0 Å².